The van der Waals surface area contributed by atoms with Gasteiger partial charge in [0.1, 0.15) is 12.1 Å². The fourth-order valence-electron chi connectivity index (χ4n) is 2.33. The molecule has 0 saturated heterocycles. The lowest BCUT2D eigenvalue weighted by Crippen LogP contribution is -2.13. The average molecular weight is 278 g/mol. The molecule has 0 unspecified atom stereocenters. The SMILES string of the molecule is O=C(Nc1ccc(-n2cnc3ccccc32)nc1)C1CC1. The monoisotopic (exact) mass is 278 g/mol. The number of fused-ring (bicyclic) bond motifs is 1. The van der Waals surface area contributed by atoms with Crippen molar-refractivity contribution in [3.63, 3.8) is 0 Å². The molecule has 1 aliphatic rings. The second-order valence-electron chi connectivity index (χ2n) is 5.27. The van der Waals surface area contributed by atoms with Gasteiger partial charge >= 0.3 is 0 Å². The van der Waals surface area contributed by atoms with Gasteiger partial charge in [-0.15, -0.1) is 0 Å². The van der Waals surface area contributed by atoms with E-state index in [0.717, 1.165) is 35.4 Å². The van der Waals surface area contributed by atoms with Crippen LogP contribution in [0.4, 0.5) is 5.69 Å². The van der Waals surface area contributed by atoms with Gasteiger partial charge in [0.05, 0.1) is 22.9 Å². The van der Waals surface area contributed by atoms with Crippen LogP contribution in [0.1, 0.15) is 12.8 Å². The van der Waals surface area contributed by atoms with Crippen molar-refractivity contribution in [3.8, 4) is 5.82 Å². The normalized spacial score (nSPS) is 14.3. The molecule has 1 fully saturated rings. The molecule has 0 bridgehead atoms. The first-order chi connectivity index (χ1) is 10.3. The van der Waals surface area contributed by atoms with Crippen LogP contribution in [0.5, 0.6) is 0 Å². The minimum Gasteiger partial charge on any atom is -0.324 e. The molecule has 0 aliphatic heterocycles. The van der Waals surface area contributed by atoms with Gasteiger partial charge in [0, 0.05) is 5.92 Å². The predicted molar refractivity (Wildman–Crippen MR) is 80.2 cm³/mol. The number of nitrogens with zero attached hydrogens (tertiary/aromatic N) is 3. The lowest BCUT2D eigenvalue weighted by atomic mass is 10.3. The molecule has 5 nitrogen and oxygen atoms in total. The lowest BCUT2D eigenvalue weighted by Gasteiger charge is -2.06. The Morgan fingerprint density at radius 1 is 1.14 bits per heavy atom. The van der Waals surface area contributed by atoms with E-state index in [0.29, 0.717) is 0 Å². The fraction of sp³-hybridized carbons (Fsp3) is 0.188. The summed E-state index contributed by atoms with van der Waals surface area (Å²) in [5, 5.41) is 2.89. The van der Waals surface area contributed by atoms with Crippen molar-refractivity contribution < 1.29 is 4.79 Å². The summed E-state index contributed by atoms with van der Waals surface area (Å²) in [6, 6.07) is 11.7. The van der Waals surface area contributed by atoms with Gasteiger partial charge in [0.15, 0.2) is 0 Å². The summed E-state index contributed by atoms with van der Waals surface area (Å²) in [4.78, 5) is 20.5. The van der Waals surface area contributed by atoms with Crippen molar-refractivity contribution >= 4 is 22.6 Å². The van der Waals surface area contributed by atoms with Gasteiger partial charge in [-0.3, -0.25) is 9.36 Å². The van der Waals surface area contributed by atoms with Crippen molar-refractivity contribution in [2.45, 2.75) is 12.8 Å². The molecule has 3 aromatic rings. The molecular weight excluding hydrogens is 264 g/mol. The van der Waals surface area contributed by atoms with Gasteiger partial charge in [-0.1, -0.05) is 12.1 Å². The Balaban J connectivity index is 1.62. The Hall–Kier alpha value is -2.69. The number of hydrogen-bond donors (Lipinski definition) is 1. The Kier molecular flexibility index (Phi) is 2.70. The number of aromatic nitrogens is 3. The number of carbonyl (C=O) groups is 1. The number of imidazole rings is 1. The summed E-state index contributed by atoms with van der Waals surface area (Å²) >= 11 is 0. The number of pyridine rings is 1. The molecule has 5 heteroatoms. The number of hydrogen-bond acceptors (Lipinski definition) is 3. The summed E-state index contributed by atoms with van der Waals surface area (Å²) in [5.74, 6) is 1.08. The second-order valence-corrected chi connectivity index (χ2v) is 5.27. The van der Waals surface area contributed by atoms with E-state index in [2.05, 4.69) is 15.3 Å². The zero-order valence-corrected chi connectivity index (χ0v) is 11.4. The number of anilines is 1. The van der Waals surface area contributed by atoms with E-state index < -0.39 is 0 Å². The number of nitrogens with one attached hydrogen (secondary N) is 1. The average Bonchev–Trinajstić information content (AvgIpc) is 3.28. The number of rotatable bonds is 3. The molecular formula is C16H14N4O. The standard InChI is InChI=1S/C16H14N4O/c21-16(11-5-6-11)19-12-7-8-15(17-9-12)20-10-18-13-3-1-2-4-14(13)20/h1-4,7-11H,5-6H2,(H,19,21). The van der Waals surface area contributed by atoms with Gasteiger partial charge < -0.3 is 5.32 Å². The Bertz CT molecular complexity index is 803. The van der Waals surface area contributed by atoms with E-state index in [1.54, 1.807) is 12.5 Å². The molecule has 1 aromatic carbocycles. The summed E-state index contributed by atoms with van der Waals surface area (Å²) in [5.41, 5.74) is 2.69. The number of carbonyl (C=O) groups excluding carboxylic acids is 1. The Morgan fingerprint density at radius 2 is 2.00 bits per heavy atom. The summed E-state index contributed by atoms with van der Waals surface area (Å²) in [7, 11) is 0. The maximum atomic E-state index is 11.7. The van der Waals surface area contributed by atoms with Gasteiger partial charge in [0.25, 0.3) is 0 Å². The van der Waals surface area contributed by atoms with Crippen LogP contribution in [0.15, 0.2) is 48.9 Å². The van der Waals surface area contributed by atoms with Gasteiger partial charge in [-0.2, -0.15) is 0 Å². The molecule has 0 spiro atoms. The lowest BCUT2D eigenvalue weighted by molar-refractivity contribution is -0.117. The number of amides is 1. The first-order valence-electron chi connectivity index (χ1n) is 7.01. The highest BCUT2D eigenvalue weighted by atomic mass is 16.2. The van der Waals surface area contributed by atoms with Crippen molar-refractivity contribution in [1.29, 1.82) is 0 Å². The molecule has 1 amide bonds. The zero-order valence-electron chi connectivity index (χ0n) is 11.4. The summed E-state index contributed by atoms with van der Waals surface area (Å²) in [6.45, 7) is 0. The Morgan fingerprint density at radius 3 is 2.76 bits per heavy atom. The molecule has 21 heavy (non-hydrogen) atoms. The maximum Gasteiger partial charge on any atom is 0.227 e. The van der Waals surface area contributed by atoms with Gasteiger partial charge in [-0.25, -0.2) is 9.97 Å². The summed E-state index contributed by atoms with van der Waals surface area (Å²) in [6.07, 6.45) is 5.44. The quantitative estimate of drug-likeness (QED) is 0.801. The third-order valence-electron chi connectivity index (χ3n) is 3.66. The third kappa shape index (κ3) is 2.27. The molecule has 2 aromatic heterocycles. The fourth-order valence-corrected chi connectivity index (χ4v) is 2.33. The smallest absolute Gasteiger partial charge is 0.227 e. The molecule has 2 heterocycles. The van der Waals surface area contributed by atoms with Crippen LogP contribution in [-0.2, 0) is 4.79 Å². The van der Waals surface area contributed by atoms with Crippen molar-refractivity contribution in [3.05, 3.63) is 48.9 Å². The van der Waals surface area contributed by atoms with E-state index in [9.17, 15) is 4.79 Å². The van der Waals surface area contributed by atoms with Gasteiger partial charge in [-0.05, 0) is 37.1 Å². The van der Waals surface area contributed by atoms with Crippen LogP contribution >= 0.6 is 0 Å². The van der Waals surface area contributed by atoms with Gasteiger partial charge in [0.2, 0.25) is 5.91 Å². The van der Waals surface area contributed by atoms with E-state index in [1.165, 1.54) is 0 Å². The highest BCUT2D eigenvalue weighted by Crippen LogP contribution is 2.30. The second kappa shape index (κ2) is 4.70. The van der Waals surface area contributed by atoms with E-state index in [-0.39, 0.29) is 11.8 Å². The molecule has 4 rings (SSSR count). The van der Waals surface area contributed by atoms with E-state index in [1.807, 2.05) is 41.0 Å². The summed E-state index contributed by atoms with van der Waals surface area (Å²) < 4.78 is 1.93. The first-order valence-corrected chi connectivity index (χ1v) is 7.01. The van der Waals surface area contributed by atoms with E-state index in [4.69, 9.17) is 0 Å². The molecule has 0 atom stereocenters. The predicted octanol–water partition coefficient (Wildman–Crippen LogP) is 2.77. The van der Waals surface area contributed by atoms with E-state index >= 15 is 0 Å². The third-order valence-corrected chi connectivity index (χ3v) is 3.66. The zero-order chi connectivity index (χ0) is 14.2. The molecule has 1 N–H and O–H groups in total. The topological polar surface area (TPSA) is 59.8 Å². The minimum atomic E-state index is 0.0950. The van der Waals surface area contributed by atoms with Crippen LogP contribution in [0.3, 0.4) is 0 Å². The number of benzene rings is 1. The van der Waals surface area contributed by atoms with Crippen molar-refractivity contribution in [2.75, 3.05) is 5.32 Å². The molecule has 104 valence electrons. The maximum absolute atomic E-state index is 11.7. The van der Waals surface area contributed by atoms with Crippen molar-refractivity contribution in [2.24, 2.45) is 5.92 Å². The Labute approximate surface area is 121 Å². The highest BCUT2D eigenvalue weighted by molar-refractivity contribution is 5.93. The minimum absolute atomic E-state index is 0.0950. The van der Waals surface area contributed by atoms with Crippen molar-refractivity contribution in [1.82, 2.24) is 14.5 Å². The number of para-hydroxylation sites is 2. The first kappa shape index (κ1) is 12.1. The highest BCUT2D eigenvalue weighted by Gasteiger charge is 2.29. The largest absolute Gasteiger partial charge is 0.324 e. The van der Waals surface area contributed by atoms with Crippen LogP contribution in [0.2, 0.25) is 0 Å². The van der Waals surface area contributed by atoms with Crippen LogP contribution in [0.25, 0.3) is 16.9 Å². The molecule has 0 radical (unpaired) electrons. The van der Waals surface area contributed by atoms with Crippen LogP contribution < -0.4 is 5.32 Å². The molecule has 1 aliphatic carbocycles. The van der Waals surface area contributed by atoms with Crippen LogP contribution in [0, 0.1) is 5.92 Å². The molecule has 1 saturated carbocycles. The van der Waals surface area contributed by atoms with Crippen LogP contribution in [-0.4, -0.2) is 20.4 Å².